The third kappa shape index (κ3) is 0.858. The Morgan fingerprint density at radius 1 is 1.75 bits per heavy atom. The quantitative estimate of drug-likeness (QED) is 0.506. The van der Waals surface area contributed by atoms with E-state index in [1.165, 1.54) is 0 Å². The third-order valence-corrected chi connectivity index (χ3v) is 1.86. The Balaban J connectivity index is 2.54. The van der Waals surface area contributed by atoms with E-state index in [2.05, 4.69) is 0 Å². The molecule has 2 heteroatoms. The lowest BCUT2D eigenvalue weighted by Crippen LogP contribution is -2.28. The Hall–Kier alpha value is -0.0800. The van der Waals surface area contributed by atoms with Gasteiger partial charge in [-0.25, -0.2) is 0 Å². The minimum absolute atomic E-state index is 0.294. The van der Waals surface area contributed by atoms with Crippen LogP contribution in [0.1, 0.15) is 20.3 Å². The minimum atomic E-state index is -0.847. The molecule has 0 aromatic heterocycles. The van der Waals surface area contributed by atoms with Gasteiger partial charge in [-0.05, 0) is 13.3 Å². The summed E-state index contributed by atoms with van der Waals surface area (Å²) in [6, 6.07) is 0. The lowest BCUT2D eigenvalue weighted by molar-refractivity contribution is -0.176. The summed E-state index contributed by atoms with van der Waals surface area (Å²) >= 11 is 0. The Kier molecular flexibility index (Phi) is 1.29. The average molecular weight is 116 g/mol. The van der Waals surface area contributed by atoms with Gasteiger partial charge in [-0.3, -0.25) is 0 Å². The van der Waals surface area contributed by atoms with E-state index in [0.29, 0.717) is 12.5 Å². The van der Waals surface area contributed by atoms with E-state index in [-0.39, 0.29) is 0 Å². The maximum absolute atomic E-state index is 9.24. The minimum Gasteiger partial charge on any atom is -0.365 e. The van der Waals surface area contributed by atoms with Gasteiger partial charge < -0.3 is 9.84 Å². The zero-order valence-electron chi connectivity index (χ0n) is 5.35. The van der Waals surface area contributed by atoms with Crippen molar-refractivity contribution in [3.63, 3.8) is 0 Å². The van der Waals surface area contributed by atoms with Crippen LogP contribution in [0.3, 0.4) is 0 Å². The van der Waals surface area contributed by atoms with Gasteiger partial charge in [-0.15, -0.1) is 0 Å². The number of rotatable bonds is 0. The third-order valence-electron chi connectivity index (χ3n) is 1.86. The molecule has 1 rings (SSSR count). The van der Waals surface area contributed by atoms with Crippen LogP contribution in [0.4, 0.5) is 0 Å². The van der Waals surface area contributed by atoms with Crippen molar-refractivity contribution in [2.75, 3.05) is 6.61 Å². The van der Waals surface area contributed by atoms with Gasteiger partial charge >= 0.3 is 0 Å². The summed E-state index contributed by atoms with van der Waals surface area (Å²) in [5.74, 6) is -0.553. The highest BCUT2D eigenvalue weighted by atomic mass is 16.6. The molecule has 0 spiro atoms. The molecule has 1 N–H and O–H groups in total. The zero-order valence-corrected chi connectivity index (χ0v) is 5.35. The molecule has 48 valence electrons. The molecule has 1 fully saturated rings. The number of hydrogen-bond donors (Lipinski definition) is 1. The summed E-state index contributed by atoms with van der Waals surface area (Å²) in [6.07, 6.45) is 0.979. The maximum atomic E-state index is 9.24. The van der Waals surface area contributed by atoms with E-state index in [0.717, 1.165) is 6.42 Å². The maximum Gasteiger partial charge on any atom is 0.165 e. The van der Waals surface area contributed by atoms with Gasteiger partial charge in [-0.1, -0.05) is 6.92 Å². The summed E-state index contributed by atoms with van der Waals surface area (Å²) < 4.78 is 5.01. The van der Waals surface area contributed by atoms with Crippen LogP contribution < -0.4 is 0 Å². The fourth-order valence-electron chi connectivity index (χ4n) is 0.852. The topological polar surface area (TPSA) is 29.5 Å². The van der Waals surface area contributed by atoms with Crippen LogP contribution in [-0.4, -0.2) is 17.5 Å². The number of aliphatic hydroxyl groups is 1. The molecule has 1 heterocycles. The summed E-state index contributed by atoms with van der Waals surface area (Å²) in [5, 5.41) is 9.24. The van der Waals surface area contributed by atoms with Gasteiger partial charge in [0.2, 0.25) is 0 Å². The molecule has 0 radical (unpaired) electrons. The molecular formula is C6H12O2. The normalized spacial score (nSPS) is 47.6. The predicted molar refractivity (Wildman–Crippen MR) is 30.4 cm³/mol. The Labute approximate surface area is 49.5 Å². The predicted octanol–water partition coefficient (Wildman–Crippen LogP) is 0.751. The van der Waals surface area contributed by atoms with E-state index in [9.17, 15) is 5.11 Å². The molecule has 8 heavy (non-hydrogen) atoms. The van der Waals surface area contributed by atoms with Crippen molar-refractivity contribution in [1.82, 2.24) is 0 Å². The van der Waals surface area contributed by atoms with E-state index < -0.39 is 5.79 Å². The Bertz CT molecular complexity index is 88.5. The molecule has 0 amide bonds. The Morgan fingerprint density at radius 3 is 2.50 bits per heavy atom. The lowest BCUT2D eigenvalue weighted by Gasteiger charge is -2.19. The van der Waals surface area contributed by atoms with Crippen LogP contribution in [0.25, 0.3) is 0 Å². The highest BCUT2D eigenvalue weighted by Crippen LogP contribution is 2.27. The number of hydrogen-bond acceptors (Lipinski definition) is 2. The molecule has 1 aliphatic rings. The summed E-state index contributed by atoms with van der Waals surface area (Å²) in [4.78, 5) is 0. The second kappa shape index (κ2) is 1.71. The monoisotopic (exact) mass is 116 g/mol. The molecule has 1 saturated heterocycles. The van der Waals surface area contributed by atoms with Gasteiger partial charge in [0, 0.05) is 5.92 Å². The first kappa shape index (κ1) is 6.05. The first-order valence-corrected chi connectivity index (χ1v) is 2.99. The second-order valence-electron chi connectivity index (χ2n) is 2.59. The highest BCUT2D eigenvalue weighted by Gasteiger charge is 2.34. The van der Waals surface area contributed by atoms with Crippen LogP contribution >= 0.6 is 0 Å². The fourth-order valence-corrected chi connectivity index (χ4v) is 0.852. The molecule has 0 saturated carbocycles. The average Bonchev–Trinajstić information content (AvgIpc) is 1.86. The van der Waals surface area contributed by atoms with Gasteiger partial charge in [0.05, 0.1) is 6.61 Å². The largest absolute Gasteiger partial charge is 0.365 e. The molecule has 1 unspecified atom stereocenters. The smallest absolute Gasteiger partial charge is 0.165 e. The van der Waals surface area contributed by atoms with E-state index >= 15 is 0 Å². The van der Waals surface area contributed by atoms with Crippen LogP contribution in [-0.2, 0) is 4.74 Å². The number of ether oxygens (including phenoxy) is 1. The van der Waals surface area contributed by atoms with E-state index in [4.69, 9.17) is 4.74 Å². The molecule has 2 nitrogen and oxygen atoms in total. The van der Waals surface area contributed by atoms with E-state index in [1.54, 1.807) is 6.92 Å². The molecule has 0 aromatic rings. The molecular weight excluding hydrogens is 104 g/mol. The van der Waals surface area contributed by atoms with Crippen LogP contribution in [0.2, 0.25) is 0 Å². The molecule has 0 bridgehead atoms. The molecule has 0 aromatic carbocycles. The van der Waals surface area contributed by atoms with Crippen molar-refractivity contribution in [2.45, 2.75) is 26.1 Å². The van der Waals surface area contributed by atoms with Gasteiger partial charge in [0.1, 0.15) is 0 Å². The lowest BCUT2D eigenvalue weighted by atomic mass is 10.0. The highest BCUT2D eigenvalue weighted by molar-refractivity contribution is 4.74. The SMILES string of the molecule is C[C@H]1CCOC1(C)O. The summed E-state index contributed by atoms with van der Waals surface area (Å²) in [7, 11) is 0. The van der Waals surface area contributed by atoms with Gasteiger partial charge in [0.25, 0.3) is 0 Å². The first-order valence-electron chi connectivity index (χ1n) is 2.99. The van der Waals surface area contributed by atoms with Crippen molar-refractivity contribution in [1.29, 1.82) is 0 Å². The van der Waals surface area contributed by atoms with Gasteiger partial charge in [-0.2, -0.15) is 0 Å². The molecule has 2 atom stereocenters. The van der Waals surface area contributed by atoms with Crippen LogP contribution in [0, 0.1) is 5.92 Å². The standard InChI is InChI=1S/C6H12O2/c1-5-3-4-8-6(5,2)7/h5,7H,3-4H2,1-2H3/t5-,6?/m0/s1. The fraction of sp³-hybridized carbons (Fsp3) is 1.00. The summed E-state index contributed by atoms with van der Waals surface area (Å²) in [5.41, 5.74) is 0. The summed E-state index contributed by atoms with van der Waals surface area (Å²) in [6.45, 7) is 4.41. The first-order chi connectivity index (χ1) is 3.63. The van der Waals surface area contributed by atoms with Gasteiger partial charge in [0.15, 0.2) is 5.79 Å². The van der Waals surface area contributed by atoms with Crippen molar-refractivity contribution in [2.24, 2.45) is 5.92 Å². The van der Waals surface area contributed by atoms with Crippen molar-refractivity contribution in [3.05, 3.63) is 0 Å². The van der Waals surface area contributed by atoms with Crippen molar-refractivity contribution < 1.29 is 9.84 Å². The second-order valence-corrected chi connectivity index (χ2v) is 2.59. The van der Waals surface area contributed by atoms with Crippen molar-refractivity contribution in [3.8, 4) is 0 Å². The Morgan fingerprint density at radius 2 is 2.38 bits per heavy atom. The zero-order chi connectivity index (χ0) is 6.20. The van der Waals surface area contributed by atoms with E-state index in [1.807, 2.05) is 6.92 Å². The van der Waals surface area contributed by atoms with Crippen LogP contribution in [0.5, 0.6) is 0 Å². The molecule has 0 aliphatic carbocycles. The van der Waals surface area contributed by atoms with Crippen LogP contribution in [0.15, 0.2) is 0 Å². The molecule has 1 aliphatic heterocycles. The van der Waals surface area contributed by atoms with Crippen molar-refractivity contribution >= 4 is 0 Å².